The number of nitrogens with one attached hydrogen (secondary N) is 1. The molecular formula is C5H11N3OS. The summed E-state index contributed by atoms with van der Waals surface area (Å²) in [5, 5.41) is 1.58. The Hall–Kier alpha value is -0.840. The fourth-order valence-electron chi connectivity index (χ4n) is 0.480. The lowest BCUT2D eigenvalue weighted by Gasteiger charge is -2.19. The van der Waals surface area contributed by atoms with E-state index in [0.29, 0.717) is 6.54 Å². The molecular weight excluding hydrogens is 150 g/mol. The van der Waals surface area contributed by atoms with Gasteiger partial charge in [-0.1, -0.05) is 0 Å². The van der Waals surface area contributed by atoms with E-state index in [1.807, 2.05) is 6.92 Å². The average Bonchev–Trinajstić information content (AvgIpc) is 1.81. The zero-order valence-electron chi connectivity index (χ0n) is 6.05. The number of carbonyl (C=O) groups is 1. The van der Waals surface area contributed by atoms with Gasteiger partial charge in [-0.3, -0.25) is 15.2 Å². The quantitative estimate of drug-likeness (QED) is 0.406. The molecule has 4 nitrogen and oxygen atoms in total. The van der Waals surface area contributed by atoms with Crippen LogP contribution in [0.3, 0.4) is 0 Å². The van der Waals surface area contributed by atoms with Crippen LogP contribution in [-0.4, -0.2) is 22.6 Å². The fraction of sp³-hybridized carbons (Fsp3) is 0.600. The molecule has 0 aliphatic heterocycles. The van der Waals surface area contributed by atoms with E-state index in [4.69, 9.17) is 5.73 Å². The Kier molecular flexibility index (Phi) is 3.71. The molecule has 1 amide bonds. The Morgan fingerprint density at radius 1 is 1.80 bits per heavy atom. The van der Waals surface area contributed by atoms with Gasteiger partial charge in [-0.25, -0.2) is 0 Å². The molecule has 0 saturated heterocycles. The molecule has 0 bridgehead atoms. The van der Waals surface area contributed by atoms with Crippen molar-refractivity contribution >= 4 is 23.2 Å². The molecule has 3 N–H and O–H groups in total. The predicted molar refractivity (Wildman–Crippen MR) is 43.0 cm³/mol. The van der Waals surface area contributed by atoms with Crippen molar-refractivity contribution in [2.24, 2.45) is 5.73 Å². The van der Waals surface area contributed by atoms with Gasteiger partial charge in [0.1, 0.15) is 0 Å². The highest BCUT2D eigenvalue weighted by Crippen LogP contribution is 1.79. The summed E-state index contributed by atoms with van der Waals surface area (Å²) in [6.07, 6.45) is 0. The van der Waals surface area contributed by atoms with Crippen LogP contribution in [0.4, 0.5) is 0 Å². The van der Waals surface area contributed by atoms with E-state index in [9.17, 15) is 4.79 Å². The van der Waals surface area contributed by atoms with Crippen LogP contribution in [0.5, 0.6) is 0 Å². The van der Waals surface area contributed by atoms with Gasteiger partial charge in [-0.2, -0.15) is 0 Å². The van der Waals surface area contributed by atoms with E-state index in [2.05, 4.69) is 17.6 Å². The monoisotopic (exact) mass is 161 g/mol. The van der Waals surface area contributed by atoms with Crippen LogP contribution in [0, 0.1) is 0 Å². The van der Waals surface area contributed by atoms with Gasteiger partial charge in [-0.15, -0.1) is 0 Å². The van der Waals surface area contributed by atoms with Crippen LogP contribution in [0.25, 0.3) is 0 Å². The van der Waals surface area contributed by atoms with Crippen molar-refractivity contribution in [2.45, 2.75) is 13.8 Å². The molecule has 10 heavy (non-hydrogen) atoms. The number of hydrogen-bond acceptors (Lipinski definition) is 2. The van der Waals surface area contributed by atoms with Crippen molar-refractivity contribution in [1.82, 2.24) is 10.4 Å². The SMILES string of the molecule is CCN(NC(C)=O)C(N)=S. The number of carbonyl (C=O) groups excluding carboxylic acids is 1. The highest BCUT2D eigenvalue weighted by Gasteiger charge is 2.02. The zero-order chi connectivity index (χ0) is 8.15. The third-order valence-corrected chi connectivity index (χ3v) is 1.10. The maximum Gasteiger partial charge on any atom is 0.235 e. The normalized spacial score (nSPS) is 8.60. The third-order valence-electron chi connectivity index (χ3n) is 0.875. The maximum atomic E-state index is 10.4. The van der Waals surface area contributed by atoms with Gasteiger partial charge < -0.3 is 5.73 Å². The summed E-state index contributed by atoms with van der Waals surface area (Å²) in [7, 11) is 0. The van der Waals surface area contributed by atoms with E-state index >= 15 is 0 Å². The Morgan fingerprint density at radius 2 is 2.30 bits per heavy atom. The van der Waals surface area contributed by atoms with Gasteiger partial charge in [0.25, 0.3) is 0 Å². The molecule has 0 aromatic rings. The molecule has 0 atom stereocenters. The minimum absolute atomic E-state index is 0.172. The Bertz CT molecular complexity index is 148. The molecule has 0 rings (SSSR count). The van der Waals surface area contributed by atoms with Crippen LogP contribution in [0.15, 0.2) is 0 Å². The third kappa shape index (κ3) is 3.24. The van der Waals surface area contributed by atoms with Crippen molar-refractivity contribution in [3.63, 3.8) is 0 Å². The summed E-state index contributed by atoms with van der Waals surface area (Å²) < 4.78 is 0. The Morgan fingerprint density at radius 3 is 2.40 bits per heavy atom. The molecule has 0 unspecified atom stereocenters. The summed E-state index contributed by atoms with van der Waals surface area (Å²) in [6, 6.07) is 0. The van der Waals surface area contributed by atoms with Gasteiger partial charge >= 0.3 is 0 Å². The van der Waals surface area contributed by atoms with Gasteiger partial charge in [0.2, 0.25) is 5.91 Å². The second kappa shape index (κ2) is 4.05. The molecule has 0 aliphatic rings. The van der Waals surface area contributed by atoms with Crippen LogP contribution in [0.1, 0.15) is 13.8 Å². The first-order valence-corrected chi connectivity index (χ1v) is 3.33. The zero-order valence-corrected chi connectivity index (χ0v) is 6.86. The largest absolute Gasteiger partial charge is 0.375 e. The maximum absolute atomic E-state index is 10.4. The molecule has 0 aliphatic carbocycles. The topological polar surface area (TPSA) is 58.4 Å². The molecule has 0 radical (unpaired) electrons. The molecule has 0 fully saturated rings. The predicted octanol–water partition coefficient (Wildman–Crippen LogP) is -0.397. The highest BCUT2D eigenvalue weighted by molar-refractivity contribution is 7.80. The summed E-state index contributed by atoms with van der Waals surface area (Å²) in [5.41, 5.74) is 7.70. The Balaban J connectivity index is 3.83. The summed E-state index contributed by atoms with van der Waals surface area (Å²) >= 11 is 4.62. The van der Waals surface area contributed by atoms with Crippen LogP contribution < -0.4 is 11.2 Å². The van der Waals surface area contributed by atoms with Gasteiger partial charge in [0.15, 0.2) is 5.11 Å². The second-order valence-corrected chi connectivity index (χ2v) is 2.17. The van der Waals surface area contributed by atoms with Crippen molar-refractivity contribution in [2.75, 3.05) is 6.54 Å². The van der Waals surface area contributed by atoms with Gasteiger partial charge in [-0.05, 0) is 19.1 Å². The number of hydrogen-bond donors (Lipinski definition) is 2. The van der Waals surface area contributed by atoms with E-state index < -0.39 is 0 Å². The van der Waals surface area contributed by atoms with E-state index in [0.717, 1.165) is 0 Å². The second-order valence-electron chi connectivity index (χ2n) is 1.75. The summed E-state index contributed by atoms with van der Waals surface area (Å²) in [6.45, 7) is 3.82. The van der Waals surface area contributed by atoms with Crippen molar-refractivity contribution < 1.29 is 4.79 Å². The molecule has 58 valence electrons. The highest BCUT2D eigenvalue weighted by atomic mass is 32.1. The molecule has 0 saturated carbocycles. The molecule has 5 heteroatoms. The molecule has 0 spiro atoms. The number of nitrogens with two attached hydrogens (primary N) is 1. The number of amides is 1. The molecule has 0 aromatic heterocycles. The minimum Gasteiger partial charge on any atom is -0.375 e. The van der Waals surface area contributed by atoms with E-state index in [1.54, 1.807) is 0 Å². The Labute approximate surface area is 65.3 Å². The van der Waals surface area contributed by atoms with Crippen molar-refractivity contribution in [3.8, 4) is 0 Å². The first-order chi connectivity index (χ1) is 4.57. The smallest absolute Gasteiger partial charge is 0.235 e. The summed E-state index contributed by atoms with van der Waals surface area (Å²) in [5.74, 6) is -0.172. The lowest BCUT2D eigenvalue weighted by molar-refractivity contribution is -0.122. The van der Waals surface area contributed by atoms with E-state index in [1.165, 1.54) is 11.9 Å². The standard InChI is InChI=1S/C5H11N3OS/c1-3-8(5(6)10)7-4(2)9/h3H2,1-2H3,(H2,6,10)(H,7,9). The van der Waals surface area contributed by atoms with Crippen LogP contribution >= 0.6 is 12.2 Å². The van der Waals surface area contributed by atoms with Gasteiger partial charge in [0.05, 0.1) is 0 Å². The number of thiocarbonyl (C=S) groups is 1. The van der Waals surface area contributed by atoms with Crippen molar-refractivity contribution in [3.05, 3.63) is 0 Å². The van der Waals surface area contributed by atoms with Gasteiger partial charge in [0, 0.05) is 13.5 Å². The first-order valence-electron chi connectivity index (χ1n) is 2.92. The first kappa shape index (κ1) is 9.16. The lowest BCUT2D eigenvalue weighted by Crippen LogP contribution is -2.47. The molecule has 0 heterocycles. The lowest BCUT2D eigenvalue weighted by atomic mass is 10.7. The van der Waals surface area contributed by atoms with Crippen LogP contribution in [0.2, 0.25) is 0 Å². The average molecular weight is 161 g/mol. The van der Waals surface area contributed by atoms with Crippen molar-refractivity contribution in [1.29, 1.82) is 0 Å². The number of nitrogens with zero attached hydrogens (tertiary/aromatic N) is 1. The molecule has 0 aromatic carbocycles. The summed E-state index contributed by atoms with van der Waals surface area (Å²) in [4.78, 5) is 10.4. The number of rotatable bonds is 1. The van der Waals surface area contributed by atoms with E-state index in [-0.39, 0.29) is 11.0 Å². The van der Waals surface area contributed by atoms with Crippen LogP contribution in [-0.2, 0) is 4.79 Å². The fourth-order valence-corrected chi connectivity index (χ4v) is 0.655. The number of hydrazine groups is 1. The minimum atomic E-state index is -0.172.